The van der Waals surface area contributed by atoms with E-state index in [9.17, 15) is 9.90 Å². The molecule has 1 heterocycles. The molecule has 1 atom stereocenters. The Morgan fingerprint density at radius 2 is 2.11 bits per heavy atom. The molecule has 1 unspecified atom stereocenters. The van der Waals surface area contributed by atoms with E-state index in [0.29, 0.717) is 10.6 Å². The van der Waals surface area contributed by atoms with Gasteiger partial charge in [-0.15, -0.1) is 5.10 Å². The molecule has 1 aromatic heterocycles. The van der Waals surface area contributed by atoms with Crippen molar-refractivity contribution >= 4 is 17.4 Å². The van der Waals surface area contributed by atoms with Crippen LogP contribution < -0.4 is 5.32 Å². The van der Waals surface area contributed by atoms with E-state index in [1.807, 2.05) is 30.3 Å². The highest BCUT2D eigenvalue weighted by Gasteiger charge is 2.24. The van der Waals surface area contributed by atoms with Crippen LogP contribution in [0.15, 0.2) is 30.3 Å². The van der Waals surface area contributed by atoms with Gasteiger partial charge in [-0.2, -0.15) is 0 Å². The van der Waals surface area contributed by atoms with E-state index < -0.39 is 5.60 Å². The second kappa shape index (κ2) is 5.46. The highest BCUT2D eigenvalue weighted by atomic mass is 32.1. The SMILES string of the molecule is Cc1nnsc1C(=O)NCC(C)(O)c1ccccc1. The number of amides is 1. The van der Waals surface area contributed by atoms with E-state index in [1.54, 1.807) is 13.8 Å². The normalized spacial score (nSPS) is 13.8. The fourth-order valence-corrected chi connectivity index (χ4v) is 2.24. The van der Waals surface area contributed by atoms with Crippen LogP contribution in [-0.2, 0) is 5.60 Å². The van der Waals surface area contributed by atoms with E-state index in [-0.39, 0.29) is 12.5 Å². The monoisotopic (exact) mass is 277 g/mol. The van der Waals surface area contributed by atoms with E-state index in [0.717, 1.165) is 17.1 Å². The van der Waals surface area contributed by atoms with Crippen LogP contribution in [-0.4, -0.2) is 27.1 Å². The number of hydrogen-bond donors (Lipinski definition) is 2. The molecule has 0 aliphatic carbocycles. The first kappa shape index (κ1) is 13.6. The molecular weight excluding hydrogens is 262 g/mol. The van der Waals surface area contributed by atoms with Crippen LogP contribution in [0.1, 0.15) is 27.9 Å². The number of carbonyl (C=O) groups is 1. The first-order valence-electron chi connectivity index (χ1n) is 5.86. The summed E-state index contributed by atoms with van der Waals surface area (Å²) in [5.41, 5.74) is 0.249. The van der Waals surface area contributed by atoms with E-state index >= 15 is 0 Å². The van der Waals surface area contributed by atoms with Gasteiger partial charge in [0.25, 0.3) is 5.91 Å². The zero-order valence-corrected chi connectivity index (χ0v) is 11.6. The first-order valence-corrected chi connectivity index (χ1v) is 6.63. The van der Waals surface area contributed by atoms with Crippen molar-refractivity contribution in [2.24, 2.45) is 0 Å². The lowest BCUT2D eigenvalue weighted by Crippen LogP contribution is -2.38. The van der Waals surface area contributed by atoms with Crippen molar-refractivity contribution in [1.82, 2.24) is 14.9 Å². The predicted octanol–water partition coefficient (Wildman–Crippen LogP) is 1.48. The highest BCUT2D eigenvalue weighted by molar-refractivity contribution is 7.07. The number of nitrogens with one attached hydrogen (secondary N) is 1. The number of aryl methyl sites for hydroxylation is 1. The summed E-state index contributed by atoms with van der Waals surface area (Å²) in [6, 6.07) is 9.23. The zero-order chi connectivity index (χ0) is 13.9. The number of aliphatic hydroxyl groups is 1. The molecule has 100 valence electrons. The Hall–Kier alpha value is -1.79. The minimum Gasteiger partial charge on any atom is -0.384 e. The maximum atomic E-state index is 11.9. The summed E-state index contributed by atoms with van der Waals surface area (Å²) in [5.74, 6) is -0.260. The van der Waals surface area contributed by atoms with Crippen molar-refractivity contribution in [3.8, 4) is 0 Å². The Balaban J connectivity index is 2.03. The minimum absolute atomic E-state index is 0.132. The average Bonchev–Trinajstić information content (AvgIpc) is 2.83. The molecule has 0 radical (unpaired) electrons. The van der Waals surface area contributed by atoms with Gasteiger partial charge in [0.15, 0.2) is 0 Å². The summed E-state index contributed by atoms with van der Waals surface area (Å²) in [5, 5.41) is 16.9. The van der Waals surface area contributed by atoms with Gasteiger partial charge in [-0.25, -0.2) is 0 Å². The standard InChI is InChI=1S/C13H15N3O2S/c1-9-11(19-16-15-9)12(17)14-8-13(2,18)10-6-4-3-5-7-10/h3-7,18H,8H2,1-2H3,(H,14,17). The first-order chi connectivity index (χ1) is 9.00. The second-order valence-corrected chi connectivity index (χ2v) is 5.26. The summed E-state index contributed by atoms with van der Waals surface area (Å²) in [6.07, 6.45) is 0. The van der Waals surface area contributed by atoms with Gasteiger partial charge in [0.1, 0.15) is 10.5 Å². The lowest BCUT2D eigenvalue weighted by molar-refractivity contribution is 0.0527. The molecule has 0 fully saturated rings. The van der Waals surface area contributed by atoms with Crippen LogP contribution in [0, 0.1) is 6.92 Å². The second-order valence-electron chi connectivity index (χ2n) is 4.51. The quantitative estimate of drug-likeness (QED) is 0.887. The van der Waals surface area contributed by atoms with Crippen molar-refractivity contribution in [2.45, 2.75) is 19.4 Å². The molecular formula is C13H15N3O2S. The van der Waals surface area contributed by atoms with Crippen LogP contribution in [0.25, 0.3) is 0 Å². The predicted molar refractivity (Wildman–Crippen MR) is 73.0 cm³/mol. The van der Waals surface area contributed by atoms with E-state index in [2.05, 4.69) is 14.9 Å². The topological polar surface area (TPSA) is 75.1 Å². The molecule has 1 amide bonds. The Morgan fingerprint density at radius 3 is 2.68 bits per heavy atom. The molecule has 0 spiro atoms. The molecule has 2 rings (SSSR count). The number of rotatable bonds is 4. The molecule has 6 heteroatoms. The molecule has 0 aliphatic rings. The van der Waals surface area contributed by atoms with Gasteiger partial charge in [-0.1, -0.05) is 34.8 Å². The Kier molecular flexibility index (Phi) is 3.92. The molecule has 5 nitrogen and oxygen atoms in total. The number of hydrogen-bond acceptors (Lipinski definition) is 5. The number of carbonyl (C=O) groups excluding carboxylic acids is 1. The Labute approximate surface area is 115 Å². The third-order valence-corrected chi connectivity index (χ3v) is 3.67. The van der Waals surface area contributed by atoms with Crippen LogP contribution in [0.3, 0.4) is 0 Å². The van der Waals surface area contributed by atoms with Crippen LogP contribution >= 0.6 is 11.5 Å². The largest absolute Gasteiger partial charge is 0.384 e. The molecule has 2 N–H and O–H groups in total. The molecule has 2 aromatic rings. The van der Waals surface area contributed by atoms with E-state index in [4.69, 9.17) is 0 Å². The molecule has 0 saturated carbocycles. The van der Waals surface area contributed by atoms with Gasteiger partial charge in [0.05, 0.1) is 12.2 Å². The van der Waals surface area contributed by atoms with Crippen molar-refractivity contribution in [1.29, 1.82) is 0 Å². The van der Waals surface area contributed by atoms with Gasteiger partial charge in [0.2, 0.25) is 0 Å². The Bertz CT molecular complexity index is 566. The number of nitrogens with zero attached hydrogens (tertiary/aromatic N) is 2. The lowest BCUT2D eigenvalue weighted by Gasteiger charge is -2.24. The van der Waals surface area contributed by atoms with Gasteiger partial charge in [-0.3, -0.25) is 4.79 Å². The molecule has 0 saturated heterocycles. The maximum Gasteiger partial charge on any atom is 0.265 e. The van der Waals surface area contributed by atoms with Gasteiger partial charge in [-0.05, 0) is 30.9 Å². The smallest absolute Gasteiger partial charge is 0.265 e. The maximum absolute atomic E-state index is 11.9. The zero-order valence-electron chi connectivity index (χ0n) is 10.8. The third-order valence-electron chi connectivity index (χ3n) is 2.85. The fourth-order valence-electron chi connectivity index (χ4n) is 1.67. The van der Waals surface area contributed by atoms with Crippen LogP contribution in [0.4, 0.5) is 0 Å². The van der Waals surface area contributed by atoms with Crippen molar-refractivity contribution in [2.75, 3.05) is 6.54 Å². The minimum atomic E-state index is -1.11. The number of benzene rings is 1. The summed E-state index contributed by atoms with van der Waals surface area (Å²) < 4.78 is 3.71. The van der Waals surface area contributed by atoms with Gasteiger partial charge in [0, 0.05) is 0 Å². The third kappa shape index (κ3) is 3.15. The lowest BCUT2D eigenvalue weighted by atomic mass is 9.96. The summed E-state index contributed by atoms with van der Waals surface area (Å²) in [7, 11) is 0. The highest BCUT2D eigenvalue weighted by Crippen LogP contribution is 2.19. The van der Waals surface area contributed by atoms with Crippen molar-refractivity contribution in [3.05, 3.63) is 46.5 Å². The van der Waals surface area contributed by atoms with Gasteiger partial charge < -0.3 is 10.4 Å². The van der Waals surface area contributed by atoms with E-state index in [1.165, 1.54) is 0 Å². The molecule has 0 bridgehead atoms. The summed E-state index contributed by atoms with van der Waals surface area (Å²) in [6.45, 7) is 3.53. The molecule has 0 aliphatic heterocycles. The van der Waals surface area contributed by atoms with Crippen molar-refractivity contribution < 1.29 is 9.90 Å². The summed E-state index contributed by atoms with van der Waals surface area (Å²) >= 11 is 1.05. The summed E-state index contributed by atoms with van der Waals surface area (Å²) in [4.78, 5) is 12.4. The number of aromatic nitrogens is 2. The van der Waals surface area contributed by atoms with Crippen LogP contribution in [0.2, 0.25) is 0 Å². The fraction of sp³-hybridized carbons (Fsp3) is 0.308. The molecule has 1 aromatic carbocycles. The molecule has 19 heavy (non-hydrogen) atoms. The Morgan fingerprint density at radius 1 is 1.42 bits per heavy atom. The average molecular weight is 277 g/mol. The van der Waals surface area contributed by atoms with Crippen LogP contribution in [0.5, 0.6) is 0 Å². The van der Waals surface area contributed by atoms with Gasteiger partial charge >= 0.3 is 0 Å². The van der Waals surface area contributed by atoms with Crippen molar-refractivity contribution in [3.63, 3.8) is 0 Å².